The number of carbonyl (C=O) groups is 3. The number of carboxylic acid groups (broad SMARTS) is 1. The lowest BCUT2D eigenvalue weighted by Crippen LogP contribution is -3.00. The van der Waals surface area contributed by atoms with Crippen LogP contribution >= 0.6 is 23.1 Å². The second-order valence-corrected chi connectivity index (χ2v) is 15.3. The van der Waals surface area contributed by atoms with E-state index in [2.05, 4.69) is 45.8 Å². The number of nitrogens with zero attached hydrogens (tertiary/aromatic N) is 5. The van der Waals surface area contributed by atoms with Crippen LogP contribution in [0.1, 0.15) is 29.9 Å². The minimum absolute atomic E-state index is 0. The summed E-state index contributed by atoms with van der Waals surface area (Å²) in [5.74, 6) is -2.41. The van der Waals surface area contributed by atoms with Crippen molar-refractivity contribution in [3.8, 4) is 0 Å². The highest BCUT2D eigenvalue weighted by Gasteiger charge is 2.60. The number of piperazine rings is 3. The van der Waals surface area contributed by atoms with Crippen molar-refractivity contribution in [2.45, 2.75) is 44.1 Å². The van der Waals surface area contributed by atoms with E-state index >= 15 is 0 Å². The van der Waals surface area contributed by atoms with Crippen LogP contribution in [0.3, 0.4) is 0 Å². The molecule has 4 saturated heterocycles. The number of aliphatic hydroxyl groups excluding tert-OH is 1. The molecule has 48 heavy (non-hydrogen) atoms. The minimum Gasteiger partial charge on any atom is -1.00 e. The zero-order chi connectivity index (χ0) is 31.8. The van der Waals surface area contributed by atoms with Gasteiger partial charge in [0.1, 0.15) is 64.3 Å². The third-order valence-corrected chi connectivity index (χ3v) is 12.8. The fraction of sp³-hybridized carbons (Fsp3) is 0.500. The molecule has 0 spiro atoms. The molecular formula is C32H41BrI2N6O5S2. The molecule has 2 amide bonds. The monoisotopic (exact) mass is 986 g/mol. The Morgan fingerprint density at radius 2 is 1.75 bits per heavy atom. The molecule has 5 aliphatic heterocycles. The summed E-state index contributed by atoms with van der Waals surface area (Å²) in [5, 5.41) is 21.4. The number of thiazole rings is 1. The van der Waals surface area contributed by atoms with Gasteiger partial charge in [-0.1, -0.05) is 48.2 Å². The largest absolute Gasteiger partial charge is 1.00 e. The van der Waals surface area contributed by atoms with Crippen LogP contribution in [0.5, 0.6) is 0 Å². The molecule has 4 fully saturated rings. The number of thioether (sulfide) groups is 1. The minimum atomic E-state index is -1.11. The molecule has 16 heteroatoms. The number of amides is 2. The Morgan fingerprint density at radius 1 is 1.12 bits per heavy atom. The van der Waals surface area contributed by atoms with Crippen molar-refractivity contribution in [3.05, 3.63) is 58.5 Å². The van der Waals surface area contributed by atoms with Gasteiger partial charge in [-0.3, -0.25) is 9.59 Å². The van der Waals surface area contributed by atoms with E-state index in [-0.39, 0.29) is 94.4 Å². The highest BCUT2D eigenvalue weighted by molar-refractivity contribution is 7.98. The van der Waals surface area contributed by atoms with Gasteiger partial charge in [0.15, 0.2) is 6.54 Å². The van der Waals surface area contributed by atoms with Crippen molar-refractivity contribution in [2.75, 3.05) is 52.1 Å². The Balaban J connectivity index is 0.00000173. The van der Waals surface area contributed by atoms with Crippen LogP contribution < -0.4 is 75.2 Å². The van der Waals surface area contributed by atoms with Gasteiger partial charge in [0.2, 0.25) is 15.8 Å². The van der Waals surface area contributed by atoms with Crippen LogP contribution in [0.15, 0.2) is 47.5 Å². The Hall–Kier alpha value is -1.29. The summed E-state index contributed by atoms with van der Waals surface area (Å²) < 4.78 is 6.23. The molecule has 2 aromatic heterocycles. The van der Waals surface area contributed by atoms with E-state index in [1.807, 2.05) is 13.1 Å². The molecule has 5 aliphatic rings. The van der Waals surface area contributed by atoms with E-state index in [9.17, 15) is 24.6 Å². The standard InChI is InChI=1S/C32H39N6O5S2.BrH.2HI/c1-19-25(28(32(42)43)36-27(19)26(20(2)39)29(36)41)23-15-35-18-34(30(44-3)31(35)45-23)14-21-5-4-6-22(13-21)16-37-7-10-38(11-8-37,12-9-37)17-24(33)40;;;/h4-6,13,15,18-20,26-27,39H,7-12,14,16-17H2,1-3H3,(H-2,33,40,42,43);3*1H/q+1;;;/p-1/t19-,20+,26+,27+,37?,38?;;;/m0.../s1. The fourth-order valence-corrected chi connectivity index (χ4v) is 10.6. The molecule has 11 nitrogen and oxygen atoms in total. The number of β-lactam (4-membered cyclic amide) rings is 1. The van der Waals surface area contributed by atoms with Crippen LogP contribution in [-0.2, 0) is 27.5 Å². The molecule has 1 aromatic carbocycles. The fourth-order valence-electron chi connectivity index (χ4n) is 8.43. The summed E-state index contributed by atoms with van der Waals surface area (Å²) in [7, 11) is 0. The number of benzene rings is 1. The molecule has 7 heterocycles. The lowest BCUT2D eigenvalue weighted by molar-refractivity contribution is -1.08. The number of primary amides is 1. The van der Waals surface area contributed by atoms with Crippen molar-refractivity contribution in [1.29, 1.82) is 0 Å². The number of hydrogen-bond acceptors (Lipinski definition) is 6. The molecule has 0 aliphatic carbocycles. The summed E-state index contributed by atoms with van der Waals surface area (Å²) in [6.07, 6.45) is 5.28. The lowest BCUT2D eigenvalue weighted by atomic mass is 9.77. The van der Waals surface area contributed by atoms with Crippen LogP contribution in [0.4, 0.5) is 0 Å². The molecule has 4 atom stereocenters. The van der Waals surface area contributed by atoms with Gasteiger partial charge in [0, 0.05) is 17.1 Å². The van der Waals surface area contributed by atoms with E-state index in [0.29, 0.717) is 18.7 Å². The maximum Gasteiger partial charge on any atom is 0.352 e. The number of nitrogens with two attached hydrogens (primary N) is 1. The molecule has 4 N–H and O–H groups in total. The van der Waals surface area contributed by atoms with Gasteiger partial charge in [0.25, 0.3) is 12.2 Å². The molecule has 262 valence electrons. The van der Waals surface area contributed by atoms with E-state index in [1.165, 1.54) is 16.0 Å². The predicted octanol–water partition coefficient (Wildman–Crippen LogP) is -7.63. The maximum absolute atomic E-state index is 12.8. The number of quaternary nitrogens is 2. The molecule has 8 rings (SSSR count). The van der Waals surface area contributed by atoms with Gasteiger partial charge >= 0.3 is 5.97 Å². The number of carbonyl (C=O) groups excluding carboxylic acids is 2. The molecule has 0 radical (unpaired) electrons. The first-order chi connectivity index (χ1) is 21.4. The third kappa shape index (κ3) is 6.61. The predicted molar refractivity (Wildman–Crippen MR) is 170 cm³/mol. The van der Waals surface area contributed by atoms with Gasteiger partial charge < -0.3 is 94.7 Å². The summed E-state index contributed by atoms with van der Waals surface area (Å²) in [5.41, 5.74) is 8.82. The number of aromatic nitrogens is 2. The van der Waals surface area contributed by atoms with Gasteiger partial charge in [-0.15, -0.1) is 0 Å². The summed E-state index contributed by atoms with van der Waals surface area (Å²) in [6.45, 7) is 12.0. The first-order valence-electron chi connectivity index (χ1n) is 15.6. The first kappa shape index (κ1) is 39.5. The number of imidazole rings is 1. The number of fused-ring (bicyclic) bond motifs is 5. The highest BCUT2D eigenvalue weighted by atomic mass is 127. The van der Waals surface area contributed by atoms with Crippen molar-refractivity contribution >= 4 is 51.3 Å². The second kappa shape index (κ2) is 14.7. The third-order valence-electron chi connectivity index (χ3n) is 10.7. The first-order valence-corrected chi connectivity index (χ1v) is 17.6. The van der Waals surface area contributed by atoms with Gasteiger partial charge in [-0.25, -0.2) is 9.36 Å². The Bertz CT molecular complexity index is 1760. The van der Waals surface area contributed by atoms with Crippen molar-refractivity contribution in [2.24, 2.45) is 17.6 Å². The summed E-state index contributed by atoms with van der Waals surface area (Å²) >= 11 is 3.21. The van der Waals surface area contributed by atoms with Gasteiger partial charge in [0.05, 0.1) is 22.9 Å². The number of halogens is 3. The summed E-state index contributed by atoms with van der Waals surface area (Å²) in [4.78, 5) is 40.1. The van der Waals surface area contributed by atoms with Crippen LogP contribution in [0, 0.1) is 11.8 Å². The Kier molecular flexibility index (Phi) is 12.1. The molecule has 3 aromatic rings. The van der Waals surface area contributed by atoms with Crippen LogP contribution in [0.25, 0.3) is 10.4 Å². The molecule has 2 bridgehead atoms. The summed E-state index contributed by atoms with van der Waals surface area (Å²) in [6, 6.07) is 8.52. The van der Waals surface area contributed by atoms with E-state index in [4.69, 9.17) is 5.73 Å². The van der Waals surface area contributed by atoms with E-state index in [1.54, 1.807) is 30.0 Å². The average molecular weight is 988 g/mol. The van der Waals surface area contributed by atoms with Crippen molar-refractivity contribution in [1.82, 2.24) is 9.30 Å². The number of aliphatic carboxylic acids is 1. The number of aliphatic hydroxyl groups is 1. The van der Waals surface area contributed by atoms with Crippen molar-refractivity contribution in [3.63, 3.8) is 0 Å². The smallest absolute Gasteiger partial charge is 0.352 e. The highest BCUT2D eigenvalue weighted by Crippen LogP contribution is 2.51. The molecular weight excluding hydrogens is 946 g/mol. The normalized spacial score (nSPS) is 27.9. The second-order valence-electron chi connectivity index (χ2n) is 13.5. The van der Waals surface area contributed by atoms with E-state index in [0.717, 1.165) is 69.5 Å². The zero-order valence-corrected chi connectivity index (χ0v) is 34.6. The molecule has 0 saturated carbocycles. The van der Waals surface area contributed by atoms with Gasteiger partial charge in [-0.05, 0) is 24.8 Å². The number of rotatable bonds is 10. The molecule has 0 unspecified atom stereocenters. The quantitative estimate of drug-likeness (QED) is 0.0610. The number of carboxylic acids is 1. The topological polar surface area (TPSA) is 129 Å². The van der Waals surface area contributed by atoms with Crippen LogP contribution in [0.2, 0.25) is 0 Å². The van der Waals surface area contributed by atoms with Crippen molar-refractivity contribution < 1.29 is 103 Å². The maximum atomic E-state index is 12.8. The van der Waals surface area contributed by atoms with E-state index < -0.39 is 18.0 Å². The lowest BCUT2D eigenvalue weighted by Gasteiger charge is -2.55. The average Bonchev–Trinajstić information content (AvgIpc) is 3.60. The SMILES string of the molecule is CSc1c2sc(C3=C(C(=O)O)N4C(=O)[C@H]([C@@H](C)O)[C@H]4[C@H]3C)cn2c[n+]1Cc1cccc(C[N+]23CC[N+](CC(N)=O)(CC2)CC3)c1.[Br-].[I-].[I-]. The Morgan fingerprint density at radius 3 is 2.33 bits per heavy atom. The Labute approximate surface area is 333 Å². The number of hydrogen-bond donors (Lipinski definition) is 3. The van der Waals surface area contributed by atoms with Crippen LogP contribution in [-0.4, -0.2) is 110 Å². The zero-order valence-electron chi connectivity index (χ0n) is 27.0. The van der Waals surface area contributed by atoms with Gasteiger partial charge in [-0.2, -0.15) is 4.40 Å².